The lowest BCUT2D eigenvalue weighted by Gasteiger charge is -2.00. The fourth-order valence-electron chi connectivity index (χ4n) is 1.62. The van der Waals surface area contributed by atoms with Crippen LogP contribution < -0.4 is 11.2 Å². The normalized spacial score (nSPS) is 10.0. The third-order valence-electron chi connectivity index (χ3n) is 2.68. The Hall–Kier alpha value is -2.93. The van der Waals surface area contributed by atoms with E-state index < -0.39 is 10.8 Å². The van der Waals surface area contributed by atoms with E-state index in [9.17, 15) is 14.9 Å². The molecule has 2 aromatic rings. The minimum Gasteiger partial charge on any atom is -0.399 e. The number of rotatable bonds is 4. The van der Waals surface area contributed by atoms with Gasteiger partial charge in [0, 0.05) is 17.3 Å². The van der Waals surface area contributed by atoms with Gasteiger partial charge in [-0.25, -0.2) is 5.43 Å². The second-order valence-electron chi connectivity index (χ2n) is 4.14. The average molecular weight is 321 g/mol. The van der Waals surface area contributed by atoms with Crippen LogP contribution in [0.5, 0.6) is 0 Å². The summed E-state index contributed by atoms with van der Waals surface area (Å²) in [5.41, 5.74) is 8.99. The van der Waals surface area contributed by atoms with E-state index in [4.69, 9.17) is 5.73 Å². The maximum Gasteiger partial charge on any atom is 0.278 e. The second kappa shape index (κ2) is 7.75. The number of hydrazone groups is 1. The summed E-state index contributed by atoms with van der Waals surface area (Å²) in [6.07, 6.45) is 1.23. The molecule has 0 saturated carbocycles. The Bertz CT molecular complexity index is 701. The number of nitrogens with zero attached hydrogens (tertiary/aromatic N) is 2. The summed E-state index contributed by atoms with van der Waals surface area (Å²) in [7, 11) is 0. The third kappa shape index (κ3) is 4.29. The van der Waals surface area contributed by atoms with Crippen molar-refractivity contribution in [3.8, 4) is 0 Å². The Morgan fingerprint density at radius 1 is 1.18 bits per heavy atom. The molecular formula is C14H13ClN4O3. The lowest BCUT2D eigenvalue weighted by atomic mass is 10.2. The van der Waals surface area contributed by atoms with E-state index in [0.717, 1.165) is 0 Å². The number of nitrogens with two attached hydrogens (primary N) is 1. The third-order valence-corrected chi connectivity index (χ3v) is 2.68. The molecule has 0 aromatic heterocycles. The summed E-state index contributed by atoms with van der Waals surface area (Å²) >= 11 is 0. The molecule has 0 saturated heterocycles. The first-order valence-electron chi connectivity index (χ1n) is 6.00. The number of hydrogen-bond donors (Lipinski definition) is 2. The standard InChI is InChI=1S/C14H12N4O3.ClH/c15-12-7-5-10(6-8-12)14(19)17-16-9-11-3-1-2-4-13(11)18(20)21;/h1-9H,15H2,(H,17,19);1H/b16-9+;. The van der Waals surface area contributed by atoms with Gasteiger partial charge in [0.05, 0.1) is 16.7 Å². The molecule has 0 heterocycles. The molecule has 7 nitrogen and oxygen atoms in total. The molecule has 0 aliphatic carbocycles. The van der Waals surface area contributed by atoms with E-state index in [1.807, 2.05) is 0 Å². The lowest BCUT2D eigenvalue weighted by molar-refractivity contribution is -0.385. The molecule has 0 atom stereocenters. The first-order valence-corrected chi connectivity index (χ1v) is 6.00. The van der Waals surface area contributed by atoms with Crippen molar-refractivity contribution >= 4 is 35.9 Å². The fraction of sp³-hybridized carbons (Fsp3) is 0. The Labute approximate surface area is 132 Å². The SMILES string of the molecule is Cl.Nc1ccc(C(=O)N/N=C/c2ccccc2[N+](=O)[O-])cc1. The Kier molecular flexibility index (Phi) is 6.03. The predicted octanol–water partition coefficient (Wildman–Crippen LogP) is 2.36. The van der Waals surface area contributed by atoms with Gasteiger partial charge in [0.2, 0.25) is 0 Å². The molecule has 3 N–H and O–H groups in total. The number of nitro benzene ring substituents is 1. The van der Waals surface area contributed by atoms with Gasteiger partial charge >= 0.3 is 0 Å². The van der Waals surface area contributed by atoms with E-state index in [1.54, 1.807) is 36.4 Å². The molecule has 2 rings (SSSR count). The van der Waals surface area contributed by atoms with E-state index in [1.165, 1.54) is 18.3 Å². The highest BCUT2D eigenvalue weighted by atomic mass is 35.5. The topological polar surface area (TPSA) is 111 Å². The summed E-state index contributed by atoms with van der Waals surface area (Å²) in [6, 6.07) is 12.4. The van der Waals surface area contributed by atoms with Gasteiger partial charge in [-0.2, -0.15) is 5.10 Å². The van der Waals surface area contributed by atoms with Gasteiger partial charge in [-0.05, 0) is 30.3 Å². The molecule has 0 unspecified atom stereocenters. The van der Waals surface area contributed by atoms with Crippen molar-refractivity contribution in [3.63, 3.8) is 0 Å². The predicted molar refractivity (Wildman–Crippen MR) is 86.3 cm³/mol. The molecule has 8 heteroatoms. The zero-order chi connectivity index (χ0) is 15.2. The van der Waals surface area contributed by atoms with Gasteiger partial charge in [0.25, 0.3) is 11.6 Å². The van der Waals surface area contributed by atoms with Crippen molar-refractivity contribution < 1.29 is 9.72 Å². The average Bonchev–Trinajstić information content (AvgIpc) is 2.48. The number of amides is 1. The minimum absolute atomic E-state index is 0. The van der Waals surface area contributed by atoms with E-state index in [0.29, 0.717) is 16.8 Å². The van der Waals surface area contributed by atoms with Gasteiger partial charge in [0.15, 0.2) is 0 Å². The number of halogens is 1. The smallest absolute Gasteiger partial charge is 0.278 e. The van der Waals surface area contributed by atoms with E-state index in [2.05, 4.69) is 10.5 Å². The van der Waals surface area contributed by atoms with E-state index in [-0.39, 0.29) is 18.1 Å². The number of benzene rings is 2. The largest absolute Gasteiger partial charge is 0.399 e. The van der Waals surface area contributed by atoms with Crippen molar-refractivity contribution in [1.29, 1.82) is 0 Å². The molecule has 0 aliphatic rings. The molecule has 0 spiro atoms. The second-order valence-corrected chi connectivity index (χ2v) is 4.14. The van der Waals surface area contributed by atoms with Crippen molar-refractivity contribution in [1.82, 2.24) is 5.43 Å². The number of carbonyl (C=O) groups excluding carboxylic acids is 1. The number of nitrogens with one attached hydrogen (secondary N) is 1. The minimum atomic E-state index is -0.511. The molecule has 0 radical (unpaired) electrons. The van der Waals surface area contributed by atoms with Gasteiger partial charge < -0.3 is 5.73 Å². The zero-order valence-electron chi connectivity index (χ0n) is 11.3. The molecular weight excluding hydrogens is 308 g/mol. The van der Waals surface area contributed by atoms with Crippen LogP contribution in [0, 0.1) is 10.1 Å². The number of carbonyl (C=O) groups is 1. The van der Waals surface area contributed by atoms with Crippen molar-refractivity contribution in [3.05, 3.63) is 69.8 Å². The van der Waals surface area contributed by atoms with Gasteiger partial charge in [0.1, 0.15) is 0 Å². The molecule has 0 bridgehead atoms. The molecule has 2 aromatic carbocycles. The van der Waals surface area contributed by atoms with Gasteiger partial charge in [-0.3, -0.25) is 14.9 Å². The summed E-state index contributed by atoms with van der Waals surface area (Å²) < 4.78 is 0. The molecule has 114 valence electrons. The molecule has 1 amide bonds. The Morgan fingerprint density at radius 2 is 1.82 bits per heavy atom. The fourth-order valence-corrected chi connectivity index (χ4v) is 1.62. The Morgan fingerprint density at radius 3 is 2.45 bits per heavy atom. The van der Waals surface area contributed by atoms with Crippen LogP contribution in [0.3, 0.4) is 0 Å². The van der Waals surface area contributed by atoms with Crippen molar-refractivity contribution in [2.24, 2.45) is 5.10 Å². The van der Waals surface area contributed by atoms with Crippen LogP contribution >= 0.6 is 12.4 Å². The molecule has 0 fully saturated rings. The first kappa shape index (κ1) is 17.1. The van der Waals surface area contributed by atoms with Crippen LogP contribution in [0.2, 0.25) is 0 Å². The van der Waals surface area contributed by atoms with Gasteiger partial charge in [-0.1, -0.05) is 12.1 Å². The van der Waals surface area contributed by atoms with Crippen LogP contribution in [0.15, 0.2) is 53.6 Å². The maximum absolute atomic E-state index is 11.8. The van der Waals surface area contributed by atoms with Crippen LogP contribution in [0.4, 0.5) is 11.4 Å². The van der Waals surface area contributed by atoms with E-state index >= 15 is 0 Å². The summed E-state index contributed by atoms with van der Waals surface area (Å²) in [4.78, 5) is 22.1. The quantitative estimate of drug-likeness (QED) is 0.390. The number of para-hydroxylation sites is 1. The number of nitro groups is 1. The highest BCUT2D eigenvalue weighted by molar-refractivity contribution is 5.95. The first-order chi connectivity index (χ1) is 10.1. The van der Waals surface area contributed by atoms with Crippen LogP contribution in [-0.4, -0.2) is 17.0 Å². The highest BCUT2D eigenvalue weighted by Gasteiger charge is 2.10. The van der Waals surface area contributed by atoms with Crippen LogP contribution in [0.25, 0.3) is 0 Å². The molecule has 22 heavy (non-hydrogen) atoms. The monoisotopic (exact) mass is 320 g/mol. The maximum atomic E-state index is 11.8. The Balaban J connectivity index is 0.00000242. The van der Waals surface area contributed by atoms with Gasteiger partial charge in [-0.15, -0.1) is 12.4 Å². The highest BCUT2D eigenvalue weighted by Crippen LogP contribution is 2.15. The van der Waals surface area contributed by atoms with Crippen molar-refractivity contribution in [2.45, 2.75) is 0 Å². The molecule has 0 aliphatic heterocycles. The number of hydrogen-bond acceptors (Lipinski definition) is 5. The van der Waals surface area contributed by atoms with Crippen molar-refractivity contribution in [2.75, 3.05) is 5.73 Å². The lowest BCUT2D eigenvalue weighted by Crippen LogP contribution is -2.17. The van der Waals surface area contributed by atoms with Crippen LogP contribution in [-0.2, 0) is 0 Å². The summed E-state index contributed by atoms with van der Waals surface area (Å²) in [5, 5.41) is 14.5. The summed E-state index contributed by atoms with van der Waals surface area (Å²) in [5.74, 6) is -0.426. The van der Waals surface area contributed by atoms with Crippen LogP contribution in [0.1, 0.15) is 15.9 Å². The number of anilines is 1. The summed E-state index contributed by atoms with van der Waals surface area (Å²) in [6.45, 7) is 0. The number of nitrogen functional groups attached to an aromatic ring is 1. The zero-order valence-corrected chi connectivity index (χ0v) is 12.1.